The molecule has 0 bridgehead atoms. The molecule has 0 amide bonds. The summed E-state index contributed by atoms with van der Waals surface area (Å²) in [6, 6.07) is 13.7. The van der Waals surface area contributed by atoms with E-state index in [0.717, 1.165) is 31.6 Å². The second-order valence-corrected chi connectivity index (χ2v) is 5.40. The number of fused-ring (bicyclic) bond motifs is 1. The molecule has 0 saturated carbocycles. The van der Waals surface area contributed by atoms with Gasteiger partial charge in [0.25, 0.3) is 0 Å². The van der Waals surface area contributed by atoms with Crippen LogP contribution in [0.25, 0.3) is 0 Å². The van der Waals surface area contributed by atoms with Gasteiger partial charge in [-0.05, 0) is 42.6 Å². The molecular weight excluding hydrogens is 264 g/mol. The average Bonchev–Trinajstić information content (AvgIpc) is 2.69. The molecule has 0 spiro atoms. The molecule has 4 heteroatoms. The van der Waals surface area contributed by atoms with Crippen LogP contribution in [0, 0.1) is 0 Å². The smallest absolute Gasteiger partial charge is 0.354 e. The van der Waals surface area contributed by atoms with Crippen molar-refractivity contribution in [3.8, 4) is 0 Å². The van der Waals surface area contributed by atoms with Crippen LogP contribution in [0.1, 0.15) is 33.7 Å². The lowest BCUT2D eigenvalue weighted by atomic mass is 10.0. The summed E-state index contributed by atoms with van der Waals surface area (Å²) in [4.78, 5) is 17.5. The fourth-order valence-corrected chi connectivity index (χ4v) is 2.82. The Kier molecular flexibility index (Phi) is 3.97. The maximum Gasteiger partial charge on any atom is 0.354 e. The van der Waals surface area contributed by atoms with Crippen molar-refractivity contribution in [3.63, 3.8) is 0 Å². The van der Waals surface area contributed by atoms with Gasteiger partial charge in [-0.25, -0.2) is 9.78 Å². The molecule has 108 valence electrons. The summed E-state index contributed by atoms with van der Waals surface area (Å²) in [5.74, 6) is -0.974. The minimum atomic E-state index is -0.974. The molecule has 0 saturated heterocycles. The monoisotopic (exact) mass is 282 g/mol. The lowest BCUT2D eigenvalue weighted by molar-refractivity contribution is 0.0690. The zero-order valence-electron chi connectivity index (χ0n) is 11.8. The third kappa shape index (κ3) is 3.28. The van der Waals surface area contributed by atoms with E-state index in [1.54, 1.807) is 6.07 Å². The first kappa shape index (κ1) is 13.8. The number of benzene rings is 1. The summed E-state index contributed by atoms with van der Waals surface area (Å²) in [7, 11) is 0. The van der Waals surface area contributed by atoms with E-state index in [-0.39, 0.29) is 5.69 Å². The molecule has 2 heterocycles. The number of pyridine rings is 1. The molecule has 21 heavy (non-hydrogen) atoms. The van der Waals surface area contributed by atoms with E-state index >= 15 is 0 Å². The Balaban J connectivity index is 1.76. The van der Waals surface area contributed by atoms with E-state index in [1.807, 2.05) is 6.07 Å². The Bertz CT molecular complexity index is 655. The van der Waals surface area contributed by atoms with Crippen LogP contribution in [-0.2, 0) is 19.5 Å². The molecule has 0 unspecified atom stereocenters. The number of aromatic carboxylic acids is 1. The van der Waals surface area contributed by atoms with Crippen molar-refractivity contribution in [2.45, 2.75) is 25.9 Å². The van der Waals surface area contributed by atoms with Crippen molar-refractivity contribution in [1.82, 2.24) is 9.88 Å². The number of carbonyl (C=O) groups is 1. The molecule has 1 aliphatic heterocycles. The van der Waals surface area contributed by atoms with Crippen molar-refractivity contribution >= 4 is 5.97 Å². The van der Waals surface area contributed by atoms with Crippen LogP contribution in [0.5, 0.6) is 0 Å². The zero-order valence-corrected chi connectivity index (χ0v) is 11.8. The number of aryl methyl sites for hydroxylation is 1. The van der Waals surface area contributed by atoms with Crippen LogP contribution in [0.3, 0.4) is 0 Å². The molecule has 1 aromatic heterocycles. The van der Waals surface area contributed by atoms with Crippen molar-refractivity contribution < 1.29 is 9.90 Å². The van der Waals surface area contributed by atoms with Crippen LogP contribution in [0.2, 0.25) is 0 Å². The van der Waals surface area contributed by atoms with Crippen molar-refractivity contribution in [2.75, 3.05) is 6.54 Å². The van der Waals surface area contributed by atoms with Crippen molar-refractivity contribution in [1.29, 1.82) is 0 Å². The summed E-state index contributed by atoms with van der Waals surface area (Å²) in [6.45, 7) is 2.60. The Morgan fingerprint density at radius 2 is 1.95 bits per heavy atom. The van der Waals surface area contributed by atoms with Crippen LogP contribution in [0.4, 0.5) is 0 Å². The Hall–Kier alpha value is -2.20. The molecule has 4 nitrogen and oxygen atoms in total. The quantitative estimate of drug-likeness (QED) is 0.940. The maximum atomic E-state index is 11.0. The SMILES string of the molecule is O=C(O)c1cccc(CN2CCCc3ccccc3C2)n1. The van der Waals surface area contributed by atoms with Gasteiger partial charge in [-0.3, -0.25) is 4.90 Å². The molecule has 1 N–H and O–H groups in total. The second kappa shape index (κ2) is 6.06. The van der Waals surface area contributed by atoms with Crippen molar-refractivity contribution in [2.24, 2.45) is 0 Å². The van der Waals surface area contributed by atoms with Gasteiger partial charge in [-0.1, -0.05) is 30.3 Å². The van der Waals surface area contributed by atoms with E-state index in [9.17, 15) is 4.79 Å². The van der Waals surface area contributed by atoms with E-state index in [1.165, 1.54) is 17.2 Å². The van der Waals surface area contributed by atoms with Crippen molar-refractivity contribution in [3.05, 3.63) is 65.0 Å². The Labute approximate surface area is 124 Å². The predicted molar refractivity (Wildman–Crippen MR) is 80.1 cm³/mol. The summed E-state index contributed by atoms with van der Waals surface area (Å²) in [6.07, 6.45) is 2.23. The highest BCUT2D eigenvalue weighted by molar-refractivity contribution is 5.85. The van der Waals surface area contributed by atoms with Gasteiger partial charge in [0.05, 0.1) is 5.69 Å². The number of hydrogen-bond acceptors (Lipinski definition) is 3. The van der Waals surface area contributed by atoms with E-state index in [0.29, 0.717) is 6.54 Å². The topological polar surface area (TPSA) is 53.4 Å². The van der Waals surface area contributed by atoms with Gasteiger partial charge in [-0.2, -0.15) is 0 Å². The van der Waals surface area contributed by atoms with Crippen LogP contribution in [-0.4, -0.2) is 27.5 Å². The number of rotatable bonds is 3. The van der Waals surface area contributed by atoms with Gasteiger partial charge in [0.15, 0.2) is 0 Å². The van der Waals surface area contributed by atoms with E-state index in [4.69, 9.17) is 5.11 Å². The molecule has 0 aliphatic carbocycles. The molecule has 0 fully saturated rings. The standard InChI is InChI=1S/C17H18N2O2/c20-17(21)16-9-3-8-15(18-16)12-19-10-4-7-13-5-1-2-6-14(13)11-19/h1-3,5-6,8-9H,4,7,10-12H2,(H,20,21). The first-order valence-corrected chi connectivity index (χ1v) is 7.21. The summed E-state index contributed by atoms with van der Waals surface area (Å²) < 4.78 is 0. The summed E-state index contributed by atoms with van der Waals surface area (Å²) in [5, 5.41) is 9.01. The lowest BCUT2D eigenvalue weighted by Gasteiger charge is -2.20. The highest BCUT2D eigenvalue weighted by Gasteiger charge is 2.15. The first-order valence-electron chi connectivity index (χ1n) is 7.21. The number of carboxylic acids is 1. The highest BCUT2D eigenvalue weighted by Crippen LogP contribution is 2.19. The van der Waals surface area contributed by atoms with Gasteiger partial charge in [-0.15, -0.1) is 0 Å². The fraction of sp³-hybridized carbons (Fsp3) is 0.294. The molecule has 0 radical (unpaired) electrons. The number of aromatic nitrogens is 1. The maximum absolute atomic E-state index is 11.0. The fourth-order valence-electron chi connectivity index (χ4n) is 2.82. The molecule has 1 aromatic carbocycles. The normalized spacial score (nSPS) is 15.2. The first-order chi connectivity index (χ1) is 10.2. The number of carboxylic acid groups (broad SMARTS) is 1. The largest absolute Gasteiger partial charge is 0.477 e. The van der Waals surface area contributed by atoms with Gasteiger partial charge in [0, 0.05) is 13.1 Å². The molecule has 1 aliphatic rings. The predicted octanol–water partition coefficient (Wildman–Crippen LogP) is 2.73. The zero-order chi connectivity index (χ0) is 14.7. The third-order valence-corrected chi connectivity index (χ3v) is 3.84. The molecule has 2 aromatic rings. The lowest BCUT2D eigenvalue weighted by Crippen LogP contribution is -2.23. The molecule has 3 rings (SSSR count). The highest BCUT2D eigenvalue weighted by atomic mass is 16.4. The number of nitrogens with zero attached hydrogens (tertiary/aromatic N) is 2. The third-order valence-electron chi connectivity index (χ3n) is 3.84. The Morgan fingerprint density at radius 3 is 2.76 bits per heavy atom. The van der Waals surface area contributed by atoms with Crippen LogP contribution < -0.4 is 0 Å². The molecule has 0 atom stereocenters. The minimum Gasteiger partial charge on any atom is -0.477 e. The number of hydrogen-bond donors (Lipinski definition) is 1. The van der Waals surface area contributed by atoms with Gasteiger partial charge in [0.1, 0.15) is 5.69 Å². The van der Waals surface area contributed by atoms with E-state index < -0.39 is 5.97 Å². The Morgan fingerprint density at radius 1 is 1.14 bits per heavy atom. The average molecular weight is 282 g/mol. The van der Waals surface area contributed by atoms with Crippen LogP contribution in [0.15, 0.2) is 42.5 Å². The van der Waals surface area contributed by atoms with Gasteiger partial charge in [0.2, 0.25) is 0 Å². The summed E-state index contributed by atoms with van der Waals surface area (Å²) >= 11 is 0. The summed E-state index contributed by atoms with van der Waals surface area (Å²) in [5.41, 5.74) is 3.72. The van der Waals surface area contributed by atoms with Gasteiger partial charge >= 0.3 is 5.97 Å². The van der Waals surface area contributed by atoms with Gasteiger partial charge < -0.3 is 5.11 Å². The van der Waals surface area contributed by atoms with E-state index in [2.05, 4.69) is 34.1 Å². The van der Waals surface area contributed by atoms with Crippen LogP contribution >= 0.6 is 0 Å². The minimum absolute atomic E-state index is 0.114. The molecular formula is C17H18N2O2. The second-order valence-electron chi connectivity index (χ2n) is 5.40.